The number of nitrogens with one attached hydrogen (secondary N) is 1. The van der Waals surface area contributed by atoms with Gasteiger partial charge < -0.3 is 10.1 Å². The number of aromatic nitrogens is 4. The van der Waals surface area contributed by atoms with Crippen LogP contribution in [0.2, 0.25) is 0 Å². The summed E-state index contributed by atoms with van der Waals surface area (Å²) >= 11 is 0. The summed E-state index contributed by atoms with van der Waals surface area (Å²) in [5, 5.41) is 12.4. The maximum atomic E-state index is 5.46. The smallest absolute Gasteiger partial charge is 0.161 e. The highest BCUT2D eigenvalue weighted by molar-refractivity contribution is 5.33. The zero-order valence-electron chi connectivity index (χ0n) is 12.6. The Morgan fingerprint density at radius 1 is 1.40 bits per heavy atom. The largest absolute Gasteiger partial charge is 0.493 e. The van der Waals surface area contributed by atoms with E-state index in [9.17, 15) is 0 Å². The Morgan fingerprint density at radius 3 is 2.75 bits per heavy atom. The molecule has 2 rings (SSSR count). The summed E-state index contributed by atoms with van der Waals surface area (Å²) in [6.07, 6.45) is 4.78. The molecule has 2 aromatic rings. The molecule has 0 amide bonds. The van der Waals surface area contributed by atoms with Crippen molar-refractivity contribution in [2.45, 2.75) is 32.9 Å². The summed E-state index contributed by atoms with van der Waals surface area (Å²) in [6, 6.07) is 2.02. The predicted molar refractivity (Wildman–Crippen MR) is 77.8 cm³/mol. The summed E-state index contributed by atoms with van der Waals surface area (Å²) in [5.74, 6) is 0.797. The highest BCUT2D eigenvalue weighted by atomic mass is 16.5. The molecule has 1 N–H and O–H groups in total. The Kier molecular flexibility index (Phi) is 4.79. The molecule has 0 radical (unpaired) electrons. The molecule has 6 nitrogen and oxygen atoms in total. The van der Waals surface area contributed by atoms with E-state index in [0.717, 1.165) is 36.6 Å². The van der Waals surface area contributed by atoms with Crippen LogP contribution < -0.4 is 10.1 Å². The first kappa shape index (κ1) is 14.6. The van der Waals surface area contributed by atoms with Gasteiger partial charge in [-0.25, -0.2) is 0 Å². The van der Waals surface area contributed by atoms with Crippen molar-refractivity contribution < 1.29 is 4.74 Å². The van der Waals surface area contributed by atoms with Crippen LogP contribution in [0, 0.1) is 0 Å². The van der Waals surface area contributed by atoms with Crippen LogP contribution in [0.25, 0.3) is 0 Å². The number of hydrogen-bond acceptors (Lipinski definition) is 4. The number of ether oxygens (including phenoxy) is 1. The van der Waals surface area contributed by atoms with E-state index in [1.54, 1.807) is 13.3 Å². The third kappa shape index (κ3) is 2.85. The van der Waals surface area contributed by atoms with Crippen LogP contribution in [-0.4, -0.2) is 33.2 Å². The standard InChI is InChI=1S/C14H23N5O/c1-5-8-15-13(11-7-9-18(3)17-11)14-12(20-4)10-16-19(14)6-2/h7,9-10,13,15H,5-6,8H2,1-4H3. The van der Waals surface area contributed by atoms with Crippen LogP contribution in [0.1, 0.15) is 37.7 Å². The fourth-order valence-electron chi connectivity index (χ4n) is 2.30. The highest BCUT2D eigenvalue weighted by Crippen LogP contribution is 2.29. The molecule has 2 aromatic heterocycles. The number of methoxy groups -OCH3 is 1. The summed E-state index contributed by atoms with van der Waals surface area (Å²) in [5.41, 5.74) is 2.01. The Hall–Kier alpha value is -1.82. The lowest BCUT2D eigenvalue weighted by atomic mass is 10.1. The van der Waals surface area contributed by atoms with Gasteiger partial charge in [-0.15, -0.1) is 0 Å². The molecular formula is C14H23N5O. The second kappa shape index (κ2) is 6.56. The van der Waals surface area contributed by atoms with Gasteiger partial charge in [-0.1, -0.05) is 6.92 Å². The van der Waals surface area contributed by atoms with Crippen molar-refractivity contribution >= 4 is 0 Å². The van der Waals surface area contributed by atoms with Gasteiger partial charge in [-0.2, -0.15) is 10.2 Å². The van der Waals surface area contributed by atoms with Crippen molar-refractivity contribution in [3.05, 3.63) is 29.8 Å². The van der Waals surface area contributed by atoms with Gasteiger partial charge in [0, 0.05) is 19.8 Å². The summed E-state index contributed by atoms with van der Waals surface area (Å²) in [7, 11) is 3.60. The molecule has 0 bridgehead atoms. The molecule has 2 heterocycles. The Bertz CT molecular complexity index is 524. The van der Waals surface area contributed by atoms with Crippen LogP contribution >= 0.6 is 0 Å². The van der Waals surface area contributed by atoms with Crippen molar-refractivity contribution in [3.63, 3.8) is 0 Å². The van der Waals surface area contributed by atoms with Crippen LogP contribution in [0.3, 0.4) is 0 Å². The first-order valence-corrected chi connectivity index (χ1v) is 7.03. The maximum absolute atomic E-state index is 5.46. The lowest BCUT2D eigenvalue weighted by Gasteiger charge is -2.19. The molecule has 0 saturated heterocycles. The molecule has 20 heavy (non-hydrogen) atoms. The predicted octanol–water partition coefficient (Wildman–Crippen LogP) is 1.73. The average molecular weight is 277 g/mol. The number of nitrogens with zero attached hydrogens (tertiary/aromatic N) is 4. The summed E-state index contributed by atoms with van der Waals surface area (Å²) in [6.45, 7) is 5.94. The van der Waals surface area contributed by atoms with Gasteiger partial charge in [0.2, 0.25) is 0 Å². The third-order valence-electron chi connectivity index (χ3n) is 3.27. The second-order valence-electron chi connectivity index (χ2n) is 4.72. The van der Waals surface area contributed by atoms with Gasteiger partial charge in [-0.05, 0) is 26.0 Å². The molecule has 6 heteroatoms. The van der Waals surface area contributed by atoms with E-state index < -0.39 is 0 Å². The van der Waals surface area contributed by atoms with E-state index in [0.29, 0.717) is 0 Å². The molecule has 0 spiro atoms. The number of hydrogen-bond donors (Lipinski definition) is 1. The van der Waals surface area contributed by atoms with Crippen molar-refractivity contribution in [2.75, 3.05) is 13.7 Å². The van der Waals surface area contributed by atoms with Crippen molar-refractivity contribution in [1.29, 1.82) is 0 Å². The van der Waals surface area contributed by atoms with E-state index in [1.165, 1.54) is 0 Å². The Labute approximate surface area is 119 Å². The topological polar surface area (TPSA) is 56.9 Å². The minimum absolute atomic E-state index is 0.00597. The lowest BCUT2D eigenvalue weighted by Crippen LogP contribution is -2.26. The number of aryl methyl sites for hydroxylation is 2. The van der Waals surface area contributed by atoms with Gasteiger partial charge in [-0.3, -0.25) is 9.36 Å². The molecule has 0 fully saturated rings. The Morgan fingerprint density at radius 2 is 2.20 bits per heavy atom. The molecule has 0 aliphatic carbocycles. The van der Waals surface area contributed by atoms with Crippen molar-refractivity contribution in [3.8, 4) is 5.75 Å². The first-order chi connectivity index (χ1) is 9.71. The average Bonchev–Trinajstić information content (AvgIpc) is 3.06. The fraction of sp³-hybridized carbons (Fsp3) is 0.571. The molecule has 1 atom stereocenters. The fourth-order valence-corrected chi connectivity index (χ4v) is 2.30. The number of rotatable bonds is 7. The van der Waals surface area contributed by atoms with Crippen LogP contribution in [-0.2, 0) is 13.6 Å². The van der Waals surface area contributed by atoms with Gasteiger partial charge in [0.1, 0.15) is 5.69 Å². The molecule has 110 valence electrons. The van der Waals surface area contributed by atoms with Crippen molar-refractivity contribution in [2.24, 2.45) is 7.05 Å². The zero-order chi connectivity index (χ0) is 14.5. The molecule has 0 aliphatic heterocycles. The van der Waals surface area contributed by atoms with Crippen LogP contribution in [0.5, 0.6) is 5.75 Å². The highest BCUT2D eigenvalue weighted by Gasteiger charge is 2.24. The maximum Gasteiger partial charge on any atom is 0.161 e. The second-order valence-corrected chi connectivity index (χ2v) is 4.72. The van der Waals surface area contributed by atoms with E-state index in [-0.39, 0.29) is 6.04 Å². The van der Waals surface area contributed by atoms with E-state index in [2.05, 4.69) is 29.4 Å². The van der Waals surface area contributed by atoms with Gasteiger partial charge in [0.15, 0.2) is 5.75 Å². The van der Waals surface area contributed by atoms with E-state index >= 15 is 0 Å². The SMILES string of the molecule is CCCNC(c1ccn(C)n1)c1c(OC)cnn1CC. The van der Waals surface area contributed by atoms with E-state index in [4.69, 9.17) is 4.74 Å². The monoisotopic (exact) mass is 277 g/mol. The lowest BCUT2D eigenvalue weighted by molar-refractivity contribution is 0.397. The minimum atomic E-state index is -0.00597. The van der Waals surface area contributed by atoms with E-state index in [1.807, 2.05) is 28.7 Å². The molecular weight excluding hydrogens is 254 g/mol. The zero-order valence-corrected chi connectivity index (χ0v) is 12.6. The van der Waals surface area contributed by atoms with Gasteiger partial charge in [0.25, 0.3) is 0 Å². The summed E-state index contributed by atoms with van der Waals surface area (Å²) in [4.78, 5) is 0. The van der Waals surface area contributed by atoms with Gasteiger partial charge in [0.05, 0.1) is 25.0 Å². The normalized spacial score (nSPS) is 12.6. The Balaban J connectivity index is 2.42. The summed E-state index contributed by atoms with van der Waals surface area (Å²) < 4.78 is 9.23. The molecule has 1 unspecified atom stereocenters. The van der Waals surface area contributed by atoms with Crippen LogP contribution in [0.4, 0.5) is 0 Å². The molecule has 0 aliphatic rings. The minimum Gasteiger partial charge on any atom is -0.493 e. The third-order valence-corrected chi connectivity index (χ3v) is 3.27. The first-order valence-electron chi connectivity index (χ1n) is 7.03. The van der Waals surface area contributed by atoms with Crippen LogP contribution in [0.15, 0.2) is 18.5 Å². The quantitative estimate of drug-likeness (QED) is 0.837. The van der Waals surface area contributed by atoms with Gasteiger partial charge >= 0.3 is 0 Å². The molecule has 0 aromatic carbocycles. The molecule has 0 saturated carbocycles. The van der Waals surface area contributed by atoms with Crippen molar-refractivity contribution in [1.82, 2.24) is 24.9 Å².